The number of hydrogen-bond donors (Lipinski definition) is 2. The minimum Gasteiger partial charge on any atom is -0.494 e. The fraction of sp³-hybridized carbons (Fsp3) is 0.600. The van der Waals surface area contributed by atoms with Gasteiger partial charge in [-0.15, -0.1) is 0 Å². The molecule has 0 bridgehead atoms. The summed E-state index contributed by atoms with van der Waals surface area (Å²) in [6.07, 6.45) is 1.14. The van der Waals surface area contributed by atoms with E-state index in [4.69, 9.17) is 14.2 Å². The fourth-order valence-electron chi connectivity index (χ4n) is 5.32. The Bertz CT molecular complexity index is 1000. The number of aryl methyl sites for hydroxylation is 1. The van der Waals surface area contributed by atoms with Crippen LogP contribution < -0.4 is 15.4 Å². The summed E-state index contributed by atoms with van der Waals surface area (Å²) < 4.78 is 59.0. The first kappa shape index (κ1) is 29.6. The first-order valence-corrected chi connectivity index (χ1v) is 14.0. The lowest BCUT2D eigenvalue weighted by Gasteiger charge is -2.36. The molecule has 0 spiro atoms. The molecule has 1 saturated heterocycles. The van der Waals surface area contributed by atoms with Crippen LogP contribution in [0.25, 0.3) is 0 Å². The van der Waals surface area contributed by atoms with E-state index < -0.39 is 12.8 Å². The highest BCUT2D eigenvalue weighted by atomic mass is 19.4. The number of alkyl halides is 3. The maximum Gasteiger partial charge on any atom is 0.411 e. The van der Waals surface area contributed by atoms with Crippen molar-refractivity contribution in [2.75, 3.05) is 58.5 Å². The van der Waals surface area contributed by atoms with Crippen molar-refractivity contribution in [1.82, 2.24) is 5.32 Å². The second kappa shape index (κ2) is 14.9. The van der Waals surface area contributed by atoms with Gasteiger partial charge in [-0.1, -0.05) is 24.3 Å². The summed E-state index contributed by atoms with van der Waals surface area (Å²) in [6.45, 7) is 2.50. The zero-order valence-electron chi connectivity index (χ0n) is 22.7. The lowest BCUT2D eigenvalue weighted by molar-refractivity contribution is -0.174. The van der Waals surface area contributed by atoms with Crippen molar-refractivity contribution < 1.29 is 32.1 Å². The minimum atomic E-state index is -4.30. The third kappa shape index (κ3) is 9.38. The zero-order valence-corrected chi connectivity index (χ0v) is 22.7. The van der Waals surface area contributed by atoms with Gasteiger partial charge in [0.2, 0.25) is 0 Å². The van der Waals surface area contributed by atoms with E-state index in [-0.39, 0.29) is 24.7 Å². The van der Waals surface area contributed by atoms with Crippen LogP contribution in [-0.2, 0) is 20.6 Å². The Morgan fingerprint density at radius 2 is 1.85 bits per heavy atom. The largest absolute Gasteiger partial charge is 0.494 e. The van der Waals surface area contributed by atoms with E-state index in [1.54, 1.807) is 7.11 Å². The number of ether oxygens (including phenoxy) is 4. The van der Waals surface area contributed by atoms with Crippen LogP contribution in [0.15, 0.2) is 42.5 Å². The molecule has 2 heterocycles. The van der Waals surface area contributed by atoms with Gasteiger partial charge in [-0.25, -0.2) is 0 Å². The Kier molecular flexibility index (Phi) is 11.3. The SMILES string of the molecule is COCCCC(O[C@H]1CNCC[C@@H]1c1ccc(OCCCOCC(F)(F)F)cc1)c1ccc2c(c1)NCCC2. The molecular formula is C30H41F3N2O4. The van der Waals surface area contributed by atoms with Crippen molar-refractivity contribution in [3.05, 3.63) is 59.2 Å². The highest BCUT2D eigenvalue weighted by Gasteiger charge is 2.30. The summed E-state index contributed by atoms with van der Waals surface area (Å²) >= 11 is 0. The predicted molar refractivity (Wildman–Crippen MR) is 146 cm³/mol. The monoisotopic (exact) mass is 550 g/mol. The molecule has 0 aromatic heterocycles. The summed E-state index contributed by atoms with van der Waals surface area (Å²) in [4.78, 5) is 0. The maximum atomic E-state index is 12.2. The van der Waals surface area contributed by atoms with Crippen molar-refractivity contribution in [3.8, 4) is 5.75 Å². The molecule has 0 aliphatic carbocycles. The molecule has 9 heteroatoms. The molecular weight excluding hydrogens is 509 g/mol. The van der Waals surface area contributed by atoms with Crippen LogP contribution in [0.2, 0.25) is 0 Å². The molecule has 2 N–H and O–H groups in total. The Morgan fingerprint density at radius 3 is 2.64 bits per heavy atom. The van der Waals surface area contributed by atoms with Crippen molar-refractivity contribution in [3.63, 3.8) is 0 Å². The van der Waals surface area contributed by atoms with Gasteiger partial charge in [0.25, 0.3) is 0 Å². The first-order valence-electron chi connectivity index (χ1n) is 14.0. The fourth-order valence-corrected chi connectivity index (χ4v) is 5.32. The summed E-state index contributed by atoms with van der Waals surface area (Å²) in [5.41, 5.74) is 4.99. The molecule has 1 unspecified atom stereocenters. The van der Waals surface area contributed by atoms with Crippen molar-refractivity contribution in [2.45, 2.75) is 62.8 Å². The van der Waals surface area contributed by atoms with E-state index in [1.807, 2.05) is 12.1 Å². The van der Waals surface area contributed by atoms with E-state index in [0.717, 1.165) is 51.7 Å². The summed E-state index contributed by atoms with van der Waals surface area (Å²) in [5, 5.41) is 7.05. The lowest BCUT2D eigenvalue weighted by Crippen LogP contribution is -2.41. The zero-order chi connectivity index (χ0) is 27.5. The highest BCUT2D eigenvalue weighted by Crippen LogP contribution is 2.36. The second-order valence-corrected chi connectivity index (χ2v) is 10.3. The molecule has 2 aromatic rings. The molecule has 1 fully saturated rings. The smallest absolute Gasteiger partial charge is 0.411 e. The van der Waals surface area contributed by atoms with Gasteiger partial charge < -0.3 is 29.6 Å². The molecule has 39 heavy (non-hydrogen) atoms. The number of piperidine rings is 1. The Morgan fingerprint density at radius 1 is 1.00 bits per heavy atom. The quantitative estimate of drug-likeness (QED) is 0.281. The predicted octanol–water partition coefficient (Wildman–Crippen LogP) is 6.02. The van der Waals surface area contributed by atoms with Crippen LogP contribution >= 0.6 is 0 Å². The molecule has 6 nitrogen and oxygen atoms in total. The van der Waals surface area contributed by atoms with Gasteiger partial charge in [0.05, 0.1) is 25.4 Å². The number of rotatable bonds is 14. The standard InChI is InChI=1S/C30H41F3N2O4/c1-36-16-3-6-28(24-8-7-23-5-2-14-35-27(23)19-24)39-29-20-34-15-13-26(29)22-9-11-25(12-10-22)38-18-4-17-37-21-30(31,32)33/h7-12,19,26,28-29,34-35H,2-6,13-18,20-21H2,1H3/t26-,28?,29+/m1/s1. The molecule has 3 atom stereocenters. The van der Waals surface area contributed by atoms with Gasteiger partial charge in [0.15, 0.2) is 0 Å². The average Bonchev–Trinajstić information content (AvgIpc) is 2.94. The van der Waals surface area contributed by atoms with E-state index in [2.05, 4.69) is 45.7 Å². The topological polar surface area (TPSA) is 61.0 Å². The number of halogens is 3. The van der Waals surface area contributed by atoms with Crippen LogP contribution in [0.3, 0.4) is 0 Å². The van der Waals surface area contributed by atoms with E-state index >= 15 is 0 Å². The van der Waals surface area contributed by atoms with Gasteiger partial charge in [-0.05, 0) is 73.5 Å². The van der Waals surface area contributed by atoms with Gasteiger partial charge in [0, 0.05) is 44.8 Å². The van der Waals surface area contributed by atoms with Crippen molar-refractivity contribution in [2.24, 2.45) is 0 Å². The summed E-state index contributed by atoms with van der Waals surface area (Å²) in [7, 11) is 1.73. The summed E-state index contributed by atoms with van der Waals surface area (Å²) in [6, 6.07) is 14.7. The lowest BCUT2D eigenvalue weighted by atomic mass is 9.87. The normalized spacial score (nSPS) is 20.2. The molecule has 2 aliphatic rings. The first-order chi connectivity index (χ1) is 18.9. The highest BCUT2D eigenvalue weighted by molar-refractivity contribution is 5.55. The van der Waals surface area contributed by atoms with Crippen LogP contribution in [-0.4, -0.2) is 65.5 Å². The van der Waals surface area contributed by atoms with Gasteiger partial charge in [0.1, 0.15) is 12.4 Å². The van der Waals surface area contributed by atoms with E-state index in [1.165, 1.54) is 22.4 Å². The number of nitrogens with one attached hydrogen (secondary N) is 2. The molecule has 0 saturated carbocycles. The van der Waals surface area contributed by atoms with Crippen LogP contribution in [0, 0.1) is 0 Å². The number of methoxy groups -OCH3 is 1. The van der Waals surface area contributed by atoms with E-state index in [9.17, 15) is 13.2 Å². The molecule has 2 aromatic carbocycles. The Hall–Kier alpha value is -2.33. The number of anilines is 1. The van der Waals surface area contributed by atoms with Gasteiger partial charge in [-0.2, -0.15) is 13.2 Å². The average molecular weight is 551 g/mol. The Labute approximate surface area is 229 Å². The minimum absolute atomic E-state index is 0.0114. The molecule has 4 rings (SSSR count). The number of hydrogen-bond acceptors (Lipinski definition) is 6. The summed E-state index contributed by atoms with van der Waals surface area (Å²) in [5.74, 6) is 0.941. The van der Waals surface area contributed by atoms with Gasteiger partial charge in [-0.3, -0.25) is 0 Å². The third-order valence-corrected chi connectivity index (χ3v) is 7.30. The van der Waals surface area contributed by atoms with Crippen LogP contribution in [0.5, 0.6) is 5.75 Å². The molecule has 0 amide bonds. The second-order valence-electron chi connectivity index (χ2n) is 10.3. The number of fused-ring (bicyclic) bond motifs is 1. The third-order valence-electron chi connectivity index (χ3n) is 7.30. The number of benzene rings is 2. The van der Waals surface area contributed by atoms with Crippen LogP contribution in [0.1, 0.15) is 60.8 Å². The van der Waals surface area contributed by atoms with E-state index in [0.29, 0.717) is 25.4 Å². The van der Waals surface area contributed by atoms with Crippen molar-refractivity contribution >= 4 is 5.69 Å². The Balaban J connectivity index is 1.36. The van der Waals surface area contributed by atoms with Crippen molar-refractivity contribution in [1.29, 1.82) is 0 Å². The molecule has 2 aliphatic heterocycles. The molecule has 0 radical (unpaired) electrons. The van der Waals surface area contributed by atoms with Gasteiger partial charge >= 0.3 is 6.18 Å². The van der Waals surface area contributed by atoms with Crippen LogP contribution in [0.4, 0.5) is 18.9 Å². The maximum absolute atomic E-state index is 12.2. The molecule has 216 valence electrons.